The number of nitro benzene ring substituents is 1. The van der Waals surface area contributed by atoms with Gasteiger partial charge in [0.25, 0.3) is 11.6 Å². The van der Waals surface area contributed by atoms with Gasteiger partial charge in [0, 0.05) is 17.7 Å². The molecule has 0 aliphatic carbocycles. The number of amidine groups is 1. The number of anilines is 1. The van der Waals surface area contributed by atoms with E-state index in [2.05, 4.69) is 0 Å². The maximum atomic E-state index is 13.1. The normalized spacial score (nSPS) is 15.0. The zero-order valence-electron chi connectivity index (χ0n) is 18.7. The van der Waals surface area contributed by atoms with Crippen LogP contribution in [0.15, 0.2) is 71.6 Å². The van der Waals surface area contributed by atoms with Crippen LogP contribution in [0.1, 0.15) is 22.3 Å². The molecule has 4 rings (SSSR count). The number of non-ortho nitro benzene ring substituents is 1. The molecule has 1 aliphatic rings. The molecule has 0 radical (unpaired) electrons. The number of ether oxygens (including phenoxy) is 1. The Hall–Kier alpha value is -4.12. The van der Waals surface area contributed by atoms with E-state index in [9.17, 15) is 28.1 Å². The lowest BCUT2D eigenvalue weighted by molar-refractivity contribution is -0.384. The molecular weight excluding hydrogens is 495 g/mol. The molecule has 0 bridgehead atoms. The summed E-state index contributed by atoms with van der Waals surface area (Å²) in [7, 11) is 0. The summed E-state index contributed by atoms with van der Waals surface area (Å²) in [6, 6.07) is 15.6. The van der Waals surface area contributed by atoms with Gasteiger partial charge in [-0.3, -0.25) is 25.2 Å². The van der Waals surface area contributed by atoms with E-state index >= 15 is 0 Å². The van der Waals surface area contributed by atoms with Crippen LogP contribution in [0, 0.1) is 22.4 Å². The van der Waals surface area contributed by atoms with Crippen LogP contribution in [0.3, 0.4) is 0 Å². The zero-order chi connectivity index (χ0) is 26.0. The van der Waals surface area contributed by atoms with Crippen molar-refractivity contribution >= 4 is 40.3 Å². The lowest BCUT2D eigenvalue weighted by Gasteiger charge is -2.16. The van der Waals surface area contributed by atoms with Gasteiger partial charge in [0.1, 0.15) is 12.4 Å². The standard InChI is InChI=1S/C25H18F3N3O4S/c1-15-5-7-16(8-6-15)14-35-21-10-9-20(31(33)34)11-17(21)12-22-23(32)30(24(29)36-22)19-4-2-3-18(13-19)25(26,27)28/h2-13,29H,14H2,1H3/b22-12-,29-24?. The molecule has 184 valence electrons. The molecule has 3 aromatic rings. The molecule has 1 aliphatic heterocycles. The van der Waals surface area contributed by atoms with Crippen molar-refractivity contribution in [2.45, 2.75) is 19.7 Å². The third-order valence-electron chi connectivity index (χ3n) is 5.26. The van der Waals surface area contributed by atoms with Crippen molar-refractivity contribution in [3.05, 3.63) is 104 Å². The molecule has 0 atom stereocenters. The first-order chi connectivity index (χ1) is 17.0. The molecule has 11 heteroatoms. The molecule has 0 saturated carbocycles. The number of nitrogens with zero attached hydrogens (tertiary/aromatic N) is 2. The first-order valence-corrected chi connectivity index (χ1v) is 11.3. The number of aryl methyl sites for hydroxylation is 1. The smallest absolute Gasteiger partial charge is 0.416 e. The largest absolute Gasteiger partial charge is 0.488 e. The Bertz CT molecular complexity index is 1390. The van der Waals surface area contributed by atoms with E-state index in [0.717, 1.165) is 46.0 Å². The fourth-order valence-electron chi connectivity index (χ4n) is 3.42. The van der Waals surface area contributed by atoms with Crippen molar-refractivity contribution in [2.24, 2.45) is 0 Å². The zero-order valence-corrected chi connectivity index (χ0v) is 19.5. The number of nitrogens with one attached hydrogen (secondary N) is 1. The molecule has 1 N–H and O–H groups in total. The molecule has 36 heavy (non-hydrogen) atoms. The minimum atomic E-state index is -4.61. The first-order valence-electron chi connectivity index (χ1n) is 10.5. The molecule has 1 amide bonds. The molecule has 1 saturated heterocycles. The number of rotatable bonds is 6. The third-order valence-corrected chi connectivity index (χ3v) is 6.15. The number of nitro groups is 1. The number of alkyl halides is 3. The van der Waals surface area contributed by atoms with Gasteiger partial charge in [0.2, 0.25) is 0 Å². The van der Waals surface area contributed by atoms with Crippen LogP contribution in [0.2, 0.25) is 0 Å². The highest BCUT2D eigenvalue weighted by molar-refractivity contribution is 8.19. The molecule has 3 aromatic carbocycles. The SMILES string of the molecule is Cc1ccc(COc2ccc([N+](=O)[O-])cc2/C=C2\SC(=N)N(c3cccc(C(F)(F)F)c3)C2=O)cc1. The summed E-state index contributed by atoms with van der Waals surface area (Å²) in [4.78, 5) is 24.7. The predicted octanol–water partition coefficient (Wildman–Crippen LogP) is 6.56. The number of benzene rings is 3. The second kappa shape index (κ2) is 9.86. The summed E-state index contributed by atoms with van der Waals surface area (Å²) >= 11 is 0.738. The van der Waals surface area contributed by atoms with Crippen LogP contribution in [0.4, 0.5) is 24.5 Å². The van der Waals surface area contributed by atoms with Gasteiger partial charge in [-0.2, -0.15) is 13.2 Å². The van der Waals surface area contributed by atoms with E-state index in [4.69, 9.17) is 10.1 Å². The highest BCUT2D eigenvalue weighted by Crippen LogP contribution is 2.39. The monoisotopic (exact) mass is 513 g/mol. The number of halogens is 3. The molecule has 1 heterocycles. The Morgan fingerprint density at radius 3 is 2.50 bits per heavy atom. The summed E-state index contributed by atoms with van der Waals surface area (Å²) in [5.74, 6) is -0.452. The Labute approximate surface area is 207 Å². The van der Waals surface area contributed by atoms with Crippen LogP contribution in [-0.4, -0.2) is 16.0 Å². The van der Waals surface area contributed by atoms with E-state index in [1.165, 1.54) is 30.3 Å². The number of amides is 1. The summed E-state index contributed by atoms with van der Waals surface area (Å²) in [6.45, 7) is 2.11. The van der Waals surface area contributed by atoms with Crippen molar-refractivity contribution in [3.8, 4) is 5.75 Å². The van der Waals surface area contributed by atoms with Gasteiger partial charge in [0.05, 0.1) is 21.1 Å². The molecule has 1 fully saturated rings. The minimum absolute atomic E-state index is 0.0121. The highest BCUT2D eigenvalue weighted by Gasteiger charge is 2.36. The Morgan fingerprint density at radius 2 is 1.83 bits per heavy atom. The molecule has 0 spiro atoms. The number of thioether (sulfide) groups is 1. The summed E-state index contributed by atoms with van der Waals surface area (Å²) in [6.07, 6.45) is -3.27. The average Bonchev–Trinajstić information content (AvgIpc) is 3.11. The number of hydrogen-bond acceptors (Lipinski definition) is 6. The summed E-state index contributed by atoms with van der Waals surface area (Å²) in [5, 5.41) is 19.2. The van der Waals surface area contributed by atoms with E-state index in [-0.39, 0.29) is 39.4 Å². The topological polar surface area (TPSA) is 96.5 Å². The van der Waals surface area contributed by atoms with E-state index < -0.39 is 22.6 Å². The summed E-state index contributed by atoms with van der Waals surface area (Å²) in [5.41, 5.74) is 0.875. The first kappa shape index (κ1) is 25.0. The predicted molar refractivity (Wildman–Crippen MR) is 131 cm³/mol. The quantitative estimate of drug-likeness (QED) is 0.229. The fourth-order valence-corrected chi connectivity index (χ4v) is 4.28. The van der Waals surface area contributed by atoms with Crippen LogP contribution in [0.25, 0.3) is 6.08 Å². The Kier molecular flexibility index (Phi) is 6.84. The minimum Gasteiger partial charge on any atom is -0.488 e. The van der Waals surface area contributed by atoms with Gasteiger partial charge >= 0.3 is 6.18 Å². The van der Waals surface area contributed by atoms with Gasteiger partial charge in [-0.1, -0.05) is 35.9 Å². The third kappa shape index (κ3) is 5.41. The van der Waals surface area contributed by atoms with Crippen LogP contribution in [-0.2, 0) is 17.6 Å². The van der Waals surface area contributed by atoms with Gasteiger partial charge in [0.15, 0.2) is 5.17 Å². The maximum absolute atomic E-state index is 13.1. The van der Waals surface area contributed by atoms with Crippen molar-refractivity contribution in [1.82, 2.24) is 0 Å². The Balaban J connectivity index is 1.66. The maximum Gasteiger partial charge on any atom is 0.416 e. The molecular formula is C25H18F3N3O4S. The molecule has 7 nitrogen and oxygen atoms in total. The molecule has 0 unspecified atom stereocenters. The van der Waals surface area contributed by atoms with Gasteiger partial charge in [-0.05, 0) is 54.6 Å². The lowest BCUT2D eigenvalue weighted by Crippen LogP contribution is -2.28. The van der Waals surface area contributed by atoms with E-state index in [0.29, 0.717) is 0 Å². The van der Waals surface area contributed by atoms with E-state index in [1.807, 2.05) is 31.2 Å². The van der Waals surface area contributed by atoms with Gasteiger partial charge < -0.3 is 4.74 Å². The van der Waals surface area contributed by atoms with Crippen LogP contribution in [0.5, 0.6) is 5.75 Å². The van der Waals surface area contributed by atoms with Gasteiger partial charge in [-0.25, -0.2) is 0 Å². The van der Waals surface area contributed by atoms with Crippen molar-refractivity contribution in [1.29, 1.82) is 5.41 Å². The number of carbonyl (C=O) groups excluding carboxylic acids is 1. The second-order valence-electron chi connectivity index (χ2n) is 7.86. The van der Waals surface area contributed by atoms with Gasteiger partial charge in [-0.15, -0.1) is 0 Å². The van der Waals surface area contributed by atoms with Crippen molar-refractivity contribution in [3.63, 3.8) is 0 Å². The van der Waals surface area contributed by atoms with Crippen molar-refractivity contribution < 1.29 is 27.6 Å². The number of carbonyl (C=O) groups is 1. The Morgan fingerprint density at radius 1 is 1.11 bits per heavy atom. The van der Waals surface area contributed by atoms with E-state index in [1.54, 1.807) is 0 Å². The van der Waals surface area contributed by atoms with Crippen LogP contribution >= 0.6 is 11.8 Å². The summed E-state index contributed by atoms with van der Waals surface area (Å²) < 4.78 is 45.3. The second-order valence-corrected chi connectivity index (χ2v) is 8.89. The lowest BCUT2D eigenvalue weighted by atomic mass is 10.1. The average molecular weight is 513 g/mol. The number of hydrogen-bond donors (Lipinski definition) is 1. The van der Waals surface area contributed by atoms with Crippen LogP contribution < -0.4 is 9.64 Å². The van der Waals surface area contributed by atoms with Crippen molar-refractivity contribution in [2.75, 3.05) is 4.90 Å². The molecule has 0 aromatic heterocycles. The fraction of sp³-hybridized carbons (Fsp3) is 0.120. The highest BCUT2D eigenvalue weighted by atomic mass is 32.2.